The van der Waals surface area contributed by atoms with Crippen molar-refractivity contribution >= 4 is 26.8 Å². The van der Waals surface area contributed by atoms with Crippen LogP contribution < -0.4 is 15.0 Å². The van der Waals surface area contributed by atoms with Crippen molar-refractivity contribution in [3.8, 4) is 11.5 Å². The minimum absolute atomic E-state index is 0.104. The first kappa shape index (κ1) is 17.1. The number of aromatic nitrogens is 2. The molecule has 0 saturated carbocycles. The molecule has 2 heterocycles. The second kappa shape index (κ2) is 7.09. The monoisotopic (exact) mass is 415 g/mol. The highest BCUT2D eigenvalue weighted by atomic mass is 79.9. The summed E-state index contributed by atoms with van der Waals surface area (Å²) in [4.78, 5) is 21.9. The predicted molar refractivity (Wildman–Crippen MR) is 102 cm³/mol. The fraction of sp³-hybridized carbons (Fsp3) is 0.263. The molecule has 3 aromatic rings. The molecule has 0 spiro atoms. The maximum absolute atomic E-state index is 12.2. The number of hydrogen-bond acceptors (Lipinski definition) is 5. The first-order valence-electron chi connectivity index (χ1n) is 8.42. The van der Waals surface area contributed by atoms with E-state index in [-0.39, 0.29) is 12.4 Å². The Morgan fingerprint density at radius 2 is 2.08 bits per heavy atom. The lowest BCUT2D eigenvalue weighted by Gasteiger charge is -2.20. The largest absolute Gasteiger partial charge is 0.454 e. The summed E-state index contributed by atoms with van der Waals surface area (Å²) >= 11 is 3.53. The first-order valence-corrected chi connectivity index (χ1v) is 9.21. The fourth-order valence-corrected chi connectivity index (χ4v) is 3.68. The zero-order valence-corrected chi connectivity index (χ0v) is 15.9. The highest BCUT2D eigenvalue weighted by Gasteiger charge is 2.19. The average Bonchev–Trinajstić information content (AvgIpc) is 3.10. The highest BCUT2D eigenvalue weighted by molar-refractivity contribution is 9.10. The van der Waals surface area contributed by atoms with Gasteiger partial charge in [0.1, 0.15) is 5.82 Å². The maximum Gasteiger partial charge on any atom is 0.258 e. The Kier molecular flexibility index (Phi) is 4.65. The van der Waals surface area contributed by atoms with E-state index in [1.54, 1.807) is 6.07 Å². The van der Waals surface area contributed by atoms with Crippen molar-refractivity contribution < 1.29 is 9.47 Å². The Morgan fingerprint density at radius 3 is 2.92 bits per heavy atom. The van der Waals surface area contributed by atoms with Crippen LogP contribution in [0, 0.1) is 0 Å². The SMILES string of the molecule is CCN(Cc1cc(Br)c2c(c1)OCO2)Cc1nc2ccccc2c(=O)[nH]1. The number of fused-ring (bicyclic) bond motifs is 2. The number of aromatic amines is 1. The summed E-state index contributed by atoms with van der Waals surface area (Å²) < 4.78 is 11.8. The summed E-state index contributed by atoms with van der Waals surface area (Å²) in [5.41, 5.74) is 1.71. The van der Waals surface area contributed by atoms with Gasteiger partial charge in [0.15, 0.2) is 11.5 Å². The van der Waals surface area contributed by atoms with Gasteiger partial charge in [0.25, 0.3) is 5.56 Å². The smallest absolute Gasteiger partial charge is 0.258 e. The molecule has 0 saturated heterocycles. The third kappa shape index (κ3) is 3.32. The molecule has 1 aromatic heterocycles. The number of rotatable bonds is 5. The van der Waals surface area contributed by atoms with Gasteiger partial charge >= 0.3 is 0 Å². The summed E-state index contributed by atoms with van der Waals surface area (Å²) in [6.07, 6.45) is 0. The lowest BCUT2D eigenvalue weighted by atomic mass is 10.2. The predicted octanol–water partition coefficient (Wildman–Crippen LogP) is 3.44. The Balaban J connectivity index is 1.57. The second-order valence-electron chi connectivity index (χ2n) is 6.14. The zero-order chi connectivity index (χ0) is 18.1. The molecule has 0 amide bonds. The van der Waals surface area contributed by atoms with E-state index in [2.05, 4.69) is 37.7 Å². The van der Waals surface area contributed by atoms with Gasteiger partial charge in [-0.25, -0.2) is 4.98 Å². The van der Waals surface area contributed by atoms with E-state index in [1.165, 1.54) is 0 Å². The van der Waals surface area contributed by atoms with E-state index < -0.39 is 0 Å². The summed E-state index contributed by atoms with van der Waals surface area (Å²) in [5.74, 6) is 2.16. The number of para-hydroxylation sites is 1. The number of ether oxygens (including phenoxy) is 2. The number of nitrogens with one attached hydrogen (secondary N) is 1. The zero-order valence-electron chi connectivity index (χ0n) is 14.3. The minimum atomic E-state index is -0.104. The Morgan fingerprint density at radius 1 is 1.23 bits per heavy atom. The van der Waals surface area contributed by atoms with Crippen LogP contribution in [-0.4, -0.2) is 28.2 Å². The van der Waals surface area contributed by atoms with Crippen LogP contribution in [-0.2, 0) is 13.1 Å². The van der Waals surface area contributed by atoms with Gasteiger partial charge in [-0.15, -0.1) is 0 Å². The Bertz CT molecular complexity index is 1020. The molecule has 1 aliphatic rings. The van der Waals surface area contributed by atoms with Gasteiger partial charge in [0.2, 0.25) is 6.79 Å². The van der Waals surface area contributed by atoms with Crippen LogP contribution in [0.4, 0.5) is 0 Å². The summed E-state index contributed by atoms with van der Waals surface area (Å²) in [5, 5.41) is 0.610. The van der Waals surface area contributed by atoms with E-state index in [4.69, 9.17) is 9.47 Å². The van der Waals surface area contributed by atoms with Crippen molar-refractivity contribution in [3.63, 3.8) is 0 Å². The van der Waals surface area contributed by atoms with Gasteiger partial charge < -0.3 is 14.5 Å². The second-order valence-corrected chi connectivity index (χ2v) is 7.00. The van der Waals surface area contributed by atoms with Crippen LogP contribution >= 0.6 is 15.9 Å². The van der Waals surface area contributed by atoms with Crippen LogP contribution in [0.25, 0.3) is 10.9 Å². The molecule has 0 radical (unpaired) electrons. The molecule has 6 nitrogen and oxygen atoms in total. The van der Waals surface area contributed by atoms with Crippen molar-refractivity contribution in [1.82, 2.24) is 14.9 Å². The van der Waals surface area contributed by atoms with E-state index in [9.17, 15) is 4.79 Å². The number of nitrogens with zero attached hydrogens (tertiary/aromatic N) is 2. The summed E-state index contributed by atoms with van der Waals surface area (Å²) in [7, 11) is 0. The standard InChI is InChI=1S/C19H18BrN3O3/c1-2-23(9-12-7-14(20)18-16(8-12)25-11-26-18)10-17-21-15-6-4-3-5-13(15)19(24)22-17/h3-8H,2,9-11H2,1H3,(H,21,22,24). The molecule has 0 bridgehead atoms. The minimum Gasteiger partial charge on any atom is -0.454 e. The topological polar surface area (TPSA) is 67.5 Å². The van der Waals surface area contributed by atoms with E-state index in [0.29, 0.717) is 29.8 Å². The van der Waals surface area contributed by atoms with E-state index >= 15 is 0 Å². The van der Waals surface area contributed by atoms with Crippen molar-refractivity contribution in [1.29, 1.82) is 0 Å². The lowest BCUT2D eigenvalue weighted by molar-refractivity contribution is 0.173. The highest BCUT2D eigenvalue weighted by Crippen LogP contribution is 2.40. The molecule has 2 aromatic carbocycles. The normalized spacial score (nSPS) is 12.9. The molecule has 7 heteroatoms. The van der Waals surface area contributed by atoms with Gasteiger partial charge in [-0.2, -0.15) is 0 Å². The lowest BCUT2D eigenvalue weighted by Crippen LogP contribution is -2.25. The molecular formula is C19H18BrN3O3. The number of halogens is 1. The molecule has 0 fully saturated rings. The molecule has 0 unspecified atom stereocenters. The van der Waals surface area contributed by atoms with Gasteiger partial charge in [-0.05, 0) is 52.3 Å². The van der Waals surface area contributed by atoms with Crippen LogP contribution in [0.15, 0.2) is 45.7 Å². The quantitative estimate of drug-likeness (QED) is 0.691. The number of hydrogen-bond donors (Lipinski definition) is 1. The average molecular weight is 416 g/mol. The Labute approximate surface area is 158 Å². The van der Waals surface area contributed by atoms with Crippen LogP contribution in [0.3, 0.4) is 0 Å². The van der Waals surface area contributed by atoms with Crippen LogP contribution in [0.5, 0.6) is 11.5 Å². The summed E-state index contributed by atoms with van der Waals surface area (Å²) in [6.45, 7) is 4.42. The third-order valence-corrected chi connectivity index (χ3v) is 4.96. The molecule has 134 valence electrons. The molecule has 0 aliphatic carbocycles. The fourth-order valence-electron chi connectivity index (χ4n) is 3.07. The van der Waals surface area contributed by atoms with Crippen molar-refractivity contribution in [3.05, 3.63) is 62.6 Å². The number of benzene rings is 2. The van der Waals surface area contributed by atoms with E-state index in [1.807, 2.05) is 30.3 Å². The molecule has 1 N–H and O–H groups in total. The van der Waals surface area contributed by atoms with Crippen molar-refractivity contribution in [2.75, 3.05) is 13.3 Å². The van der Waals surface area contributed by atoms with Crippen LogP contribution in [0.2, 0.25) is 0 Å². The molecule has 26 heavy (non-hydrogen) atoms. The van der Waals surface area contributed by atoms with Gasteiger partial charge in [0.05, 0.1) is 21.9 Å². The van der Waals surface area contributed by atoms with Crippen molar-refractivity contribution in [2.24, 2.45) is 0 Å². The van der Waals surface area contributed by atoms with E-state index in [0.717, 1.165) is 28.1 Å². The van der Waals surface area contributed by atoms with Crippen molar-refractivity contribution in [2.45, 2.75) is 20.0 Å². The maximum atomic E-state index is 12.2. The Hall–Kier alpha value is -2.38. The molecular weight excluding hydrogens is 398 g/mol. The van der Waals surface area contributed by atoms with Gasteiger partial charge in [0, 0.05) is 6.54 Å². The molecule has 0 atom stereocenters. The number of H-pyrrole nitrogens is 1. The van der Waals surface area contributed by atoms with Gasteiger partial charge in [-0.3, -0.25) is 9.69 Å². The molecule has 1 aliphatic heterocycles. The summed E-state index contributed by atoms with van der Waals surface area (Å²) in [6, 6.07) is 11.4. The first-order chi connectivity index (χ1) is 12.6. The third-order valence-electron chi connectivity index (χ3n) is 4.38. The van der Waals surface area contributed by atoms with Crippen LogP contribution in [0.1, 0.15) is 18.3 Å². The molecule has 4 rings (SSSR count). The van der Waals surface area contributed by atoms with Gasteiger partial charge in [-0.1, -0.05) is 19.1 Å².